The first-order valence-corrected chi connectivity index (χ1v) is 18.7. The fourth-order valence-electron chi connectivity index (χ4n) is 5.42. The zero-order chi connectivity index (χ0) is 27.5. The summed E-state index contributed by atoms with van der Waals surface area (Å²) in [5.74, 6) is 0. The van der Waals surface area contributed by atoms with Crippen molar-refractivity contribution in [1.82, 2.24) is 0 Å². The quantitative estimate of drug-likeness (QED) is 0.100. The number of rotatable bonds is 18. The van der Waals surface area contributed by atoms with Gasteiger partial charge in [0.15, 0.2) is 0 Å². The molecule has 4 rings (SSSR count). The highest BCUT2D eigenvalue weighted by Crippen LogP contribution is 2.46. The van der Waals surface area contributed by atoms with Crippen molar-refractivity contribution >= 4 is 45.3 Å². The molecular formula is C35H48S4. The molecule has 0 bridgehead atoms. The minimum Gasteiger partial charge on any atom is -0.140 e. The molecule has 0 atom stereocenters. The van der Waals surface area contributed by atoms with E-state index in [1.54, 1.807) is 5.56 Å². The molecule has 0 aliphatic carbocycles. The predicted octanol–water partition coefficient (Wildman–Crippen LogP) is 13.9. The summed E-state index contributed by atoms with van der Waals surface area (Å²) in [6, 6.07) is 14.1. The molecule has 4 aromatic rings. The van der Waals surface area contributed by atoms with E-state index in [-0.39, 0.29) is 0 Å². The lowest BCUT2D eigenvalue weighted by molar-refractivity contribution is 0.535. The first kappa shape index (κ1) is 30.8. The number of thiophene rings is 4. The van der Waals surface area contributed by atoms with Crippen LogP contribution in [0.3, 0.4) is 0 Å². The molecule has 0 unspecified atom stereocenters. The minimum atomic E-state index is 1.21. The molecule has 0 amide bonds. The van der Waals surface area contributed by atoms with Gasteiger partial charge in [-0.1, -0.05) is 90.4 Å². The van der Waals surface area contributed by atoms with Crippen molar-refractivity contribution in [3.8, 4) is 29.3 Å². The highest BCUT2D eigenvalue weighted by Gasteiger charge is 2.17. The van der Waals surface area contributed by atoms with Crippen LogP contribution in [0.1, 0.15) is 118 Å². The monoisotopic (exact) mass is 596 g/mol. The van der Waals surface area contributed by atoms with Crippen LogP contribution in [0, 0.1) is 20.8 Å². The van der Waals surface area contributed by atoms with Crippen LogP contribution in [0.2, 0.25) is 0 Å². The Morgan fingerprint density at radius 2 is 0.923 bits per heavy atom. The van der Waals surface area contributed by atoms with Gasteiger partial charge in [-0.05, 0) is 81.1 Å². The van der Waals surface area contributed by atoms with Crippen molar-refractivity contribution in [3.05, 3.63) is 57.3 Å². The van der Waals surface area contributed by atoms with Gasteiger partial charge in [0.25, 0.3) is 0 Å². The fourth-order valence-corrected chi connectivity index (χ4v) is 9.93. The van der Waals surface area contributed by atoms with Crippen LogP contribution < -0.4 is 0 Å². The molecule has 0 aliphatic rings. The highest BCUT2D eigenvalue weighted by atomic mass is 32.1. The number of hydrogen-bond donors (Lipinski definition) is 0. The zero-order valence-electron chi connectivity index (χ0n) is 24.7. The third-order valence-electron chi connectivity index (χ3n) is 7.70. The van der Waals surface area contributed by atoms with Gasteiger partial charge in [0.1, 0.15) is 0 Å². The second-order valence-corrected chi connectivity index (χ2v) is 15.9. The van der Waals surface area contributed by atoms with Gasteiger partial charge in [0.05, 0.1) is 0 Å². The summed E-state index contributed by atoms with van der Waals surface area (Å²) in [6.07, 6.45) is 21.1. The SMILES string of the molecule is CCCCCCCCCCCCCCCCc1cc(-c2cc(C)c(-c3ccc(C)s3)s2)sc1-c1ccc(C)s1. The number of unbranched alkanes of at least 4 members (excludes halogenated alkanes) is 13. The van der Waals surface area contributed by atoms with Gasteiger partial charge >= 0.3 is 0 Å². The molecule has 4 heterocycles. The van der Waals surface area contributed by atoms with Crippen molar-refractivity contribution in [2.75, 3.05) is 0 Å². The van der Waals surface area contributed by atoms with E-state index in [9.17, 15) is 0 Å². The van der Waals surface area contributed by atoms with E-state index >= 15 is 0 Å². The molecule has 39 heavy (non-hydrogen) atoms. The van der Waals surface area contributed by atoms with Crippen LogP contribution in [0.25, 0.3) is 29.3 Å². The summed E-state index contributed by atoms with van der Waals surface area (Å²) in [5, 5.41) is 0. The summed E-state index contributed by atoms with van der Waals surface area (Å²) in [6.45, 7) is 9.01. The first-order chi connectivity index (χ1) is 19.0. The van der Waals surface area contributed by atoms with Crippen molar-refractivity contribution in [1.29, 1.82) is 0 Å². The Kier molecular flexibility index (Phi) is 12.8. The normalized spacial score (nSPS) is 11.6. The number of aryl methyl sites for hydroxylation is 4. The summed E-state index contributed by atoms with van der Waals surface area (Å²) < 4.78 is 0. The third kappa shape index (κ3) is 9.42. The molecule has 0 aliphatic heterocycles. The minimum absolute atomic E-state index is 1.21. The van der Waals surface area contributed by atoms with E-state index < -0.39 is 0 Å². The summed E-state index contributed by atoms with van der Waals surface area (Å²) in [7, 11) is 0. The molecule has 0 nitrogen and oxygen atoms in total. The molecule has 0 aromatic carbocycles. The van der Waals surface area contributed by atoms with Crippen molar-refractivity contribution in [2.45, 2.75) is 124 Å². The lowest BCUT2D eigenvalue weighted by atomic mass is 10.0. The molecule has 4 heteroatoms. The summed E-state index contributed by atoms with van der Waals surface area (Å²) >= 11 is 7.85. The smallest absolute Gasteiger partial charge is 0.0481 e. The Morgan fingerprint density at radius 3 is 1.44 bits per heavy atom. The molecule has 0 N–H and O–H groups in total. The second-order valence-electron chi connectivity index (χ2n) is 11.3. The Labute approximate surface area is 254 Å². The van der Waals surface area contributed by atoms with Gasteiger partial charge < -0.3 is 0 Å². The Hall–Kier alpha value is -1.20. The van der Waals surface area contributed by atoms with Gasteiger partial charge in [-0.25, -0.2) is 0 Å². The number of hydrogen-bond acceptors (Lipinski definition) is 4. The summed E-state index contributed by atoms with van der Waals surface area (Å²) in [5.41, 5.74) is 2.97. The van der Waals surface area contributed by atoms with E-state index in [1.165, 1.54) is 141 Å². The van der Waals surface area contributed by atoms with Crippen molar-refractivity contribution < 1.29 is 0 Å². The lowest BCUT2D eigenvalue weighted by Crippen LogP contribution is -1.87. The molecule has 0 saturated carbocycles. The van der Waals surface area contributed by atoms with Gasteiger partial charge in [-0.15, -0.1) is 45.3 Å². The predicted molar refractivity (Wildman–Crippen MR) is 182 cm³/mol. The van der Waals surface area contributed by atoms with Gasteiger partial charge in [-0.2, -0.15) is 0 Å². The van der Waals surface area contributed by atoms with E-state index in [0.717, 1.165) is 0 Å². The van der Waals surface area contributed by atoms with E-state index in [0.29, 0.717) is 0 Å². The maximum atomic E-state index is 2.52. The molecule has 0 spiro atoms. The molecule has 0 saturated heterocycles. The lowest BCUT2D eigenvalue weighted by Gasteiger charge is -2.04. The summed E-state index contributed by atoms with van der Waals surface area (Å²) in [4.78, 5) is 11.5. The standard InChI is InChI=1S/C35H48S4/c1-5-6-7-8-9-10-11-12-13-14-15-16-17-18-19-29-25-33(39-35(29)31-23-21-28(4)37-31)32-24-26(2)34(38-32)30-22-20-27(3)36-30/h20-25H,5-19H2,1-4H3. The Morgan fingerprint density at radius 1 is 0.462 bits per heavy atom. The topological polar surface area (TPSA) is 0 Å². The van der Waals surface area contributed by atoms with Crippen LogP contribution in [-0.2, 0) is 6.42 Å². The van der Waals surface area contributed by atoms with Gasteiger partial charge in [0.2, 0.25) is 0 Å². The van der Waals surface area contributed by atoms with Gasteiger partial charge in [-0.3, -0.25) is 0 Å². The van der Waals surface area contributed by atoms with Crippen LogP contribution >= 0.6 is 45.3 Å². The van der Waals surface area contributed by atoms with Crippen LogP contribution in [-0.4, -0.2) is 0 Å². The Bertz CT molecular complexity index is 1250. The van der Waals surface area contributed by atoms with E-state index in [4.69, 9.17) is 0 Å². The second kappa shape index (κ2) is 16.3. The molecule has 4 aromatic heterocycles. The maximum absolute atomic E-state index is 2.52. The zero-order valence-corrected chi connectivity index (χ0v) is 28.0. The highest BCUT2D eigenvalue weighted by molar-refractivity contribution is 7.28. The van der Waals surface area contributed by atoms with Crippen molar-refractivity contribution in [2.24, 2.45) is 0 Å². The van der Waals surface area contributed by atoms with Crippen LogP contribution in [0.4, 0.5) is 0 Å². The molecular weight excluding hydrogens is 549 g/mol. The van der Waals surface area contributed by atoms with E-state index in [1.807, 2.05) is 45.3 Å². The largest absolute Gasteiger partial charge is 0.140 e. The van der Waals surface area contributed by atoms with Crippen molar-refractivity contribution in [3.63, 3.8) is 0 Å². The van der Waals surface area contributed by atoms with Crippen LogP contribution in [0.15, 0.2) is 36.4 Å². The van der Waals surface area contributed by atoms with Crippen LogP contribution in [0.5, 0.6) is 0 Å². The molecule has 0 radical (unpaired) electrons. The third-order valence-corrected chi connectivity index (χ3v) is 12.7. The molecule has 0 fully saturated rings. The fraction of sp³-hybridized carbons (Fsp3) is 0.543. The average Bonchev–Trinajstić information content (AvgIpc) is 3.71. The maximum Gasteiger partial charge on any atom is 0.0481 e. The molecule has 212 valence electrons. The first-order valence-electron chi connectivity index (χ1n) is 15.4. The Balaban J connectivity index is 1.26. The van der Waals surface area contributed by atoms with Gasteiger partial charge in [0, 0.05) is 39.0 Å². The average molecular weight is 597 g/mol. The van der Waals surface area contributed by atoms with E-state index in [2.05, 4.69) is 64.1 Å².